The number of unbranched alkanes of at least 4 members (excludes halogenated alkanes) is 30. The Labute approximate surface area is 342 Å². The lowest BCUT2D eigenvalue weighted by atomic mass is 9.99. The van der Waals surface area contributed by atoms with Crippen molar-refractivity contribution >= 4 is 17.9 Å². The van der Waals surface area contributed by atoms with Gasteiger partial charge in [-0.2, -0.15) is 0 Å². The molecule has 0 aliphatic rings. The first kappa shape index (κ1) is 53.4. The molecule has 326 valence electrons. The van der Waals surface area contributed by atoms with E-state index in [0.717, 1.165) is 63.7 Å². The van der Waals surface area contributed by atoms with Gasteiger partial charge in [0.2, 0.25) is 0 Å². The number of carbonyl (C=O) groups is 3. The van der Waals surface area contributed by atoms with E-state index in [1.807, 2.05) is 0 Å². The monoisotopic (exact) mass is 779 g/mol. The van der Waals surface area contributed by atoms with Crippen LogP contribution in [0.25, 0.3) is 0 Å². The van der Waals surface area contributed by atoms with Gasteiger partial charge in [0.05, 0.1) is 0 Å². The van der Waals surface area contributed by atoms with Crippen LogP contribution in [0.3, 0.4) is 0 Å². The second-order valence-corrected chi connectivity index (χ2v) is 17.0. The topological polar surface area (TPSA) is 78.9 Å². The standard InChI is InChI=1S/C49H94O6/c1-5-8-10-12-14-16-25-30-34-38-42-49(52)55-46(43-53-47(50)40-36-32-28-23-15-13-11-9-6-2)44-54-48(51)41-37-33-29-26-22-20-18-17-19-21-24-27-31-35-39-45(4)7-3/h45-46H,5-44H2,1-4H3/t45?,46-/m1/s1. The van der Waals surface area contributed by atoms with Crippen molar-refractivity contribution in [1.82, 2.24) is 0 Å². The fourth-order valence-corrected chi connectivity index (χ4v) is 7.30. The summed E-state index contributed by atoms with van der Waals surface area (Å²) in [5.41, 5.74) is 0. The summed E-state index contributed by atoms with van der Waals surface area (Å²) >= 11 is 0. The molecule has 0 aromatic rings. The lowest BCUT2D eigenvalue weighted by Crippen LogP contribution is -2.30. The van der Waals surface area contributed by atoms with Crippen molar-refractivity contribution < 1.29 is 28.6 Å². The van der Waals surface area contributed by atoms with Crippen LogP contribution in [0.4, 0.5) is 0 Å². The van der Waals surface area contributed by atoms with Gasteiger partial charge in [-0.15, -0.1) is 0 Å². The Bertz CT molecular complexity index is 828. The third-order valence-corrected chi connectivity index (χ3v) is 11.4. The van der Waals surface area contributed by atoms with Crippen molar-refractivity contribution in [2.24, 2.45) is 5.92 Å². The van der Waals surface area contributed by atoms with Gasteiger partial charge in [0.25, 0.3) is 0 Å². The first-order chi connectivity index (χ1) is 26.9. The fraction of sp³-hybridized carbons (Fsp3) is 0.939. The summed E-state index contributed by atoms with van der Waals surface area (Å²) in [6.07, 6.45) is 43.7. The number of esters is 3. The Balaban J connectivity index is 4.22. The van der Waals surface area contributed by atoms with Crippen LogP contribution in [0, 0.1) is 5.92 Å². The van der Waals surface area contributed by atoms with E-state index in [0.29, 0.717) is 19.3 Å². The van der Waals surface area contributed by atoms with E-state index in [2.05, 4.69) is 27.7 Å². The van der Waals surface area contributed by atoms with Gasteiger partial charge < -0.3 is 14.2 Å². The van der Waals surface area contributed by atoms with Crippen molar-refractivity contribution in [3.05, 3.63) is 0 Å². The van der Waals surface area contributed by atoms with E-state index in [1.165, 1.54) is 167 Å². The maximum Gasteiger partial charge on any atom is 0.306 e. The van der Waals surface area contributed by atoms with Gasteiger partial charge in [0, 0.05) is 19.3 Å². The van der Waals surface area contributed by atoms with E-state index >= 15 is 0 Å². The highest BCUT2D eigenvalue weighted by Gasteiger charge is 2.19. The molecule has 0 saturated heterocycles. The smallest absolute Gasteiger partial charge is 0.306 e. The molecule has 0 saturated carbocycles. The highest BCUT2D eigenvalue weighted by Crippen LogP contribution is 2.17. The first-order valence-electron chi connectivity index (χ1n) is 24.4. The minimum absolute atomic E-state index is 0.0633. The van der Waals surface area contributed by atoms with Crippen LogP contribution in [-0.2, 0) is 28.6 Å². The molecule has 0 spiro atoms. The SMILES string of the molecule is CCCCCCCCCCCCC(=O)O[C@H](COC(=O)CCCCCCCCCCC)COC(=O)CCCCCCCCCCCCCCCCC(C)CC. The van der Waals surface area contributed by atoms with Crippen LogP contribution in [0.15, 0.2) is 0 Å². The Morgan fingerprint density at radius 3 is 0.945 bits per heavy atom. The van der Waals surface area contributed by atoms with Crippen molar-refractivity contribution in [2.45, 2.75) is 278 Å². The average Bonchev–Trinajstić information content (AvgIpc) is 3.18. The molecule has 0 aliphatic carbocycles. The molecule has 55 heavy (non-hydrogen) atoms. The Morgan fingerprint density at radius 2 is 0.636 bits per heavy atom. The number of rotatable bonds is 44. The number of hydrogen-bond donors (Lipinski definition) is 0. The number of ether oxygens (including phenoxy) is 3. The molecule has 6 nitrogen and oxygen atoms in total. The average molecular weight is 779 g/mol. The van der Waals surface area contributed by atoms with Crippen LogP contribution in [0.2, 0.25) is 0 Å². The predicted molar refractivity (Wildman–Crippen MR) is 233 cm³/mol. The summed E-state index contributed by atoms with van der Waals surface area (Å²) in [6, 6.07) is 0. The summed E-state index contributed by atoms with van der Waals surface area (Å²) in [7, 11) is 0. The predicted octanol–water partition coefficient (Wildman–Crippen LogP) is 15.5. The molecule has 0 heterocycles. The number of hydrogen-bond acceptors (Lipinski definition) is 6. The summed E-state index contributed by atoms with van der Waals surface area (Å²) in [5, 5.41) is 0. The molecule has 0 aromatic heterocycles. The molecule has 1 unspecified atom stereocenters. The number of carbonyl (C=O) groups excluding carboxylic acids is 3. The second-order valence-electron chi connectivity index (χ2n) is 17.0. The molecule has 6 heteroatoms. The molecule has 0 amide bonds. The molecule has 0 bridgehead atoms. The molecule has 0 radical (unpaired) electrons. The normalized spacial score (nSPS) is 12.4. The molecule has 2 atom stereocenters. The largest absolute Gasteiger partial charge is 0.462 e. The molecule has 0 aliphatic heterocycles. The maximum atomic E-state index is 12.7. The van der Waals surface area contributed by atoms with Gasteiger partial charge in [-0.1, -0.05) is 233 Å². The molecule has 0 rings (SSSR count). The minimum atomic E-state index is -0.758. The maximum absolute atomic E-state index is 12.7. The van der Waals surface area contributed by atoms with Crippen LogP contribution in [0.5, 0.6) is 0 Å². The zero-order chi connectivity index (χ0) is 40.3. The summed E-state index contributed by atoms with van der Waals surface area (Å²) in [5.74, 6) is 0.0427. The van der Waals surface area contributed by atoms with Crippen LogP contribution in [0.1, 0.15) is 272 Å². The highest BCUT2D eigenvalue weighted by molar-refractivity contribution is 5.71. The third kappa shape index (κ3) is 41.9. The van der Waals surface area contributed by atoms with Crippen LogP contribution >= 0.6 is 0 Å². The van der Waals surface area contributed by atoms with E-state index in [9.17, 15) is 14.4 Å². The second kappa shape index (κ2) is 43.5. The lowest BCUT2D eigenvalue weighted by Gasteiger charge is -2.18. The summed E-state index contributed by atoms with van der Waals surface area (Å²) in [4.78, 5) is 37.7. The quantitative estimate of drug-likeness (QED) is 0.0348. The summed E-state index contributed by atoms with van der Waals surface area (Å²) < 4.78 is 16.7. The Morgan fingerprint density at radius 1 is 0.364 bits per heavy atom. The van der Waals surface area contributed by atoms with Gasteiger partial charge in [-0.25, -0.2) is 0 Å². The van der Waals surface area contributed by atoms with Gasteiger partial charge in [0.15, 0.2) is 6.10 Å². The van der Waals surface area contributed by atoms with E-state index < -0.39 is 6.10 Å². The molecule has 0 aromatic carbocycles. The van der Waals surface area contributed by atoms with Gasteiger partial charge in [0.1, 0.15) is 13.2 Å². The van der Waals surface area contributed by atoms with Crippen LogP contribution in [-0.4, -0.2) is 37.2 Å². The Kier molecular flexibility index (Phi) is 42.3. The van der Waals surface area contributed by atoms with Crippen molar-refractivity contribution in [3.8, 4) is 0 Å². The van der Waals surface area contributed by atoms with E-state index in [1.54, 1.807) is 0 Å². The van der Waals surface area contributed by atoms with Gasteiger partial charge in [-0.3, -0.25) is 14.4 Å². The molecule has 0 fully saturated rings. The van der Waals surface area contributed by atoms with Crippen molar-refractivity contribution in [2.75, 3.05) is 13.2 Å². The van der Waals surface area contributed by atoms with E-state index in [-0.39, 0.29) is 31.1 Å². The molecule has 0 N–H and O–H groups in total. The molecular formula is C49H94O6. The summed E-state index contributed by atoms with van der Waals surface area (Å²) in [6.45, 7) is 9.03. The zero-order valence-corrected chi connectivity index (χ0v) is 37.4. The minimum Gasteiger partial charge on any atom is -0.462 e. The Hall–Kier alpha value is -1.59. The van der Waals surface area contributed by atoms with Gasteiger partial charge in [-0.05, 0) is 25.2 Å². The lowest BCUT2D eigenvalue weighted by molar-refractivity contribution is -0.167. The van der Waals surface area contributed by atoms with Crippen molar-refractivity contribution in [3.63, 3.8) is 0 Å². The first-order valence-corrected chi connectivity index (χ1v) is 24.4. The third-order valence-electron chi connectivity index (χ3n) is 11.4. The van der Waals surface area contributed by atoms with Gasteiger partial charge >= 0.3 is 17.9 Å². The van der Waals surface area contributed by atoms with E-state index in [4.69, 9.17) is 14.2 Å². The zero-order valence-electron chi connectivity index (χ0n) is 37.4. The van der Waals surface area contributed by atoms with Crippen LogP contribution < -0.4 is 0 Å². The molecular weight excluding hydrogens is 685 g/mol. The van der Waals surface area contributed by atoms with Crippen molar-refractivity contribution in [1.29, 1.82) is 0 Å². The fourth-order valence-electron chi connectivity index (χ4n) is 7.30. The highest BCUT2D eigenvalue weighted by atomic mass is 16.6.